The van der Waals surface area contributed by atoms with Crippen LogP contribution < -0.4 is 5.32 Å². The van der Waals surface area contributed by atoms with E-state index < -0.39 is 23.3 Å². The first kappa shape index (κ1) is 13.9. The molecule has 1 aromatic rings. The quantitative estimate of drug-likeness (QED) is 0.860. The third kappa shape index (κ3) is 3.06. The highest BCUT2D eigenvalue weighted by molar-refractivity contribution is 5.76. The highest BCUT2D eigenvalue weighted by Crippen LogP contribution is 2.31. The fourth-order valence-electron chi connectivity index (χ4n) is 2.01. The van der Waals surface area contributed by atoms with Gasteiger partial charge in [0.25, 0.3) is 0 Å². The Bertz CT molecular complexity index is 460. The van der Waals surface area contributed by atoms with Crippen LogP contribution in [0.25, 0.3) is 0 Å². The standard InChI is InChI=1S/C11H14F3N3O2/c12-11(13,14)8-2-5-17(16-8)6-9(19)15-10(7-18)3-1-4-10/h2,5,18H,1,3-4,6-7H2,(H,15,19). The van der Waals surface area contributed by atoms with Gasteiger partial charge < -0.3 is 10.4 Å². The van der Waals surface area contributed by atoms with Gasteiger partial charge in [0.1, 0.15) is 6.54 Å². The lowest BCUT2D eigenvalue weighted by atomic mass is 9.77. The molecule has 1 aliphatic rings. The number of carbonyl (C=O) groups excluding carboxylic acids is 1. The lowest BCUT2D eigenvalue weighted by Crippen LogP contribution is -2.56. The van der Waals surface area contributed by atoms with Crippen molar-refractivity contribution in [2.45, 2.75) is 37.5 Å². The van der Waals surface area contributed by atoms with Crippen molar-refractivity contribution < 1.29 is 23.1 Å². The van der Waals surface area contributed by atoms with Crippen molar-refractivity contribution in [2.75, 3.05) is 6.61 Å². The molecule has 2 rings (SSSR count). The van der Waals surface area contributed by atoms with Crippen LogP contribution >= 0.6 is 0 Å². The Morgan fingerprint density at radius 2 is 2.21 bits per heavy atom. The molecule has 1 fully saturated rings. The first-order valence-electron chi connectivity index (χ1n) is 5.87. The van der Waals surface area contributed by atoms with Crippen molar-refractivity contribution in [3.05, 3.63) is 18.0 Å². The lowest BCUT2D eigenvalue weighted by molar-refractivity contribution is -0.141. The van der Waals surface area contributed by atoms with Gasteiger partial charge in [0, 0.05) is 6.20 Å². The van der Waals surface area contributed by atoms with Crippen molar-refractivity contribution in [2.24, 2.45) is 0 Å². The zero-order valence-corrected chi connectivity index (χ0v) is 10.1. The molecular formula is C11H14F3N3O2. The largest absolute Gasteiger partial charge is 0.435 e. The number of carbonyl (C=O) groups is 1. The minimum absolute atomic E-state index is 0.161. The molecule has 106 valence electrons. The second-order valence-electron chi connectivity index (χ2n) is 4.74. The molecule has 1 aromatic heterocycles. The number of aromatic nitrogens is 2. The van der Waals surface area contributed by atoms with Gasteiger partial charge in [-0.15, -0.1) is 0 Å². The summed E-state index contributed by atoms with van der Waals surface area (Å²) in [6, 6.07) is 0.818. The van der Waals surface area contributed by atoms with Crippen LogP contribution in [0.2, 0.25) is 0 Å². The predicted octanol–water partition coefficient (Wildman–Crippen LogP) is 0.933. The normalized spacial score (nSPS) is 17.9. The Kier molecular flexibility index (Phi) is 3.53. The van der Waals surface area contributed by atoms with Crippen molar-refractivity contribution >= 4 is 5.91 Å². The molecule has 8 heteroatoms. The van der Waals surface area contributed by atoms with Gasteiger partial charge in [-0.2, -0.15) is 18.3 Å². The molecule has 0 unspecified atom stereocenters. The summed E-state index contributed by atoms with van der Waals surface area (Å²) in [4.78, 5) is 11.7. The van der Waals surface area contributed by atoms with Crippen LogP contribution in [0, 0.1) is 0 Å². The molecule has 0 aromatic carbocycles. The molecule has 5 nitrogen and oxygen atoms in total. The van der Waals surface area contributed by atoms with Crippen molar-refractivity contribution in [1.82, 2.24) is 15.1 Å². The Labute approximate surface area is 107 Å². The van der Waals surface area contributed by atoms with Crippen LogP contribution in [0.4, 0.5) is 13.2 Å². The van der Waals surface area contributed by atoms with Gasteiger partial charge in [0.05, 0.1) is 12.1 Å². The van der Waals surface area contributed by atoms with E-state index in [4.69, 9.17) is 0 Å². The summed E-state index contributed by atoms with van der Waals surface area (Å²) >= 11 is 0. The second-order valence-corrected chi connectivity index (χ2v) is 4.74. The van der Waals surface area contributed by atoms with Crippen LogP contribution in [0.3, 0.4) is 0 Å². The van der Waals surface area contributed by atoms with E-state index in [0.717, 1.165) is 23.4 Å². The van der Waals surface area contributed by atoms with Crippen LogP contribution in [-0.4, -0.2) is 32.9 Å². The zero-order valence-electron chi connectivity index (χ0n) is 10.1. The maximum atomic E-state index is 12.3. The number of amides is 1. The molecule has 0 atom stereocenters. The molecule has 0 bridgehead atoms. The van der Waals surface area contributed by atoms with Gasteiger partial charge in [0.15, 0.2) is 5.69 Å². The molecule has 2 N–H and O–H groups in total. The number of aliphatic hydroxyl groups excluding tert-OH is 1. The summed E-state index contributed by atoms with van der Waals surface area (Å²) in [5, 5.41) is 15.1. The first-order chi connectivity index (χ1) is 8.85. The fraction of sp³-hybridized carbons (Fsp3) is 0.636. The van der Waals surface area contributed by atoms with Gasteiger partial charge >= 0.3 is 6.18 Å². The van der Waals surface area contributed by atoms with Crippen LogP contribution in [0.15, 0.2) is 12.3 Å². The zero-order chi connectivity index (χ0) is 14.1. The number of aliphatic hydroxyl groups is 1. The van der Waals surface area contributed by atoms with E-state index in [9.17, 15) is 23.1 Å². The highest BCUT2D eigenvalue weighted by atomic mass is 19.4. The summed E-state index contributed by atoms with van der Waals surface area (Å²) in [6.45, 7) is -0.455. The summed E-state index contributed by atoms with van der Waals surface area (Å²) in [5.74, 6) is -0.453. The van der Waals surface area contributed by atoms with Crippen LogP contribution in [-0.2, 0) is 17.5 Å². The average molecular weight is 277 g/mol. The SMILES string of the molecule is O=C(Cn1ccc(C(F)(F)F)n1)NC1(CO)CCC1. The first-order valence-corrected chi connectivity index (χ1v) is 5.87. The third-order valence-electron chi connectivity index (χ3n) is 3.25. The van der Waals surface area contributed by atoms with E-state index in [2.05, 4.69) is 10.4 Å². The number of alkyl halides is 3. The maximum absolute atomic E-state index is 12.3. The molecule has 0 aliphatic heterocycles. The number of nitrogens with zero attached hydrogens (tertiary/aromatic N) is 2. The summed E-state index contributed by atoms with van der Waals surface area (Å²) in [7, 11) is 0. The van der Waals surface area contributed by atoms with Crippen molar-refractivity contribution in [1.29, 1.82) is 0 Å². The van der Waals surface area contributed by atoms with E-state index in [0.29, 0.717) is 12.8 Å². The number of rotatable bonds is 4. The van der Waals surface area contributed by atoms with E-state index in [1.54, 1.807) is 0 Å². The van der Waals surface area contributed by atoms with Crippen molar-refractivity contribution in [3.8, 4) is 0 Å². The Morgan fingerprint density at radius 1 is 1.53 bits per heavy atom. The van der Waals surface area contributed by atoms with Crippen LogP contribution in [0.5, 0.6) is 0 Å². The number of nitrogens with one attached hydrogen (secondary N) is 1. The van der Waals surface area contributed by atoms with Gasteiger partial charge in [-0.05, 0) is 25.3 Å². The number of hydrogen-bond acceptors (Lipinski definition) is 3. The van der Waals surface area contributed by atoms with Crippen LogP contribution in [0.1, 0.15) is 25.0 Å². The number of halogens is 3. The highest BCUT2D eigenvalue weighted by Gasteiger charge is 2.38. The summed E-state index contributed by atoms with van der Waals surface area (Å²) < 4.78 is 37.9. The molecule has 1 saturated carbocycles. The minimum Gasteiger partial charge on any atom is -0.394 e. The van der Waals surface area contributed by atoms with E-state index in [-0.39, 0.29) is 13.2 Å². The van der Waals surface area contributed by atoms with Crippen molar-refractivity contribution in [3.63, 3.8) is 0 Å². The number of hydrogen-bond donors (Lipinski definition) is 2. The third-order valence-corrected chi connectivity index (χ3v) is 3.25. The smallest absolute Gasteiger partial charge is 0.394 e. The molecule has 0 radical (unpaired) electrons. The molecule has 19 heavy (non-hydrogen) atoms. The summed E-state index contributed by atoms with van der Waals surface area (Å²) in [5.41, 5.74) is -1.63. The topological polar surface area (TPSA) is 67.2 Å². The Morgan fingerprint density at radius 3 is 2.63 bits per heavy atom. The summed E-state index contributed by atoms with van der Waals surface area (Å²) in [6.07, 6.45) is -1.12. The average Bonchev–Trinajstić information content (AvgIpc) is 2.71. The van der Waals surface area contributed by atoms with Gasteiger partial charge in [-0.3, -0.25) is 9.48 Å². The molecule has 0 spiro atoms. The van der Waals surface area contributed by atoms with E-state index in [1.807, 2.05) is 0 Å². The Balaban J connectivity index is 1.94. The van der Waals surface area contributed by atoms with E-state index in [1.165, 1.54) is 0 Å². The molecule has 1 aliphatic carbocycles. The van der Waals surface area contributed by atoms with Gasteiger partial charge in [-0.25, -0.2) is 0 Å². The van der Waals surface area contributed by atoms with E-state index >= 15 is 0 Å². The monoisotopic (exact) mass is 277 g/mol. The molecule has 1 amide bonds. The van der Waals surface area contributed by atoms with Gasteiger partial charge in [-0.1, -0.05) is 0 Å². The molecular weight excluding hydrogens is 263 g/mol. The molecule has 1 heterocycles. The molecule has 0 saturated heterocycles. The minimum atomic E-state index is -4.51. The lowest BCUT2D eigenvalue weighted by Gasteiger charge is -2.40. The fourth-order valence-corrected chi connectivity index (χ4v) is 2.01. The predicted molar refractivity (Wildman–Crippen MR) is 59.0 cm³/mol. The van der Waals surface area contributed by atoms with Gasteiger partial charge in [0.2, 0.25) is 5.91 Å². The Hall–Kier alpha value is -1.57. The maximum Gasteiger partial charge on any atom is 0.435 e. The second kappa shape index (κ2) is 4.84.